The Morgan fingerprint density at radius 1 is 1.44 bits per heavy atom. The molecule has 0 bridgehead atoms. The summed E-state index contributed by atoms with van der Waals surface area (Å²) in [5.74, 6) is -0.259. The van der Waals surface area contributed by atoms with E-state index < -0.39 is 24.2 Å². The molecule has 2 aliphatic rings. The van der Waals surface area contributed by atoms with Crippen molar-refractivity contribution in [3.63, 3.8) is 0 Å². The van der Waals surface area contributed by atoms with Gasteiger partial charge in [-0.2, -0.15) is 5.26 Å². The average Bonchev–Trinajstić information content (AvgIpc) is 2.99. The quantitative estimate of drug-likeness (QED) is 0.799. The predicted molar refractivity (Wildman–Crippen MR) is 86.1 cm³/mol. The highest BCUT2D eigenvalue weighted by Gasteiger charge is 2.39. The number of primary amides is 1. The van der Waals surface area contributed by atoms with Crippen LogP contribution >= 0.6 is 0 Å². The first kappa shape index (κ1) is 17.2. The molecule has 1 saturated heterocycles. The lowest BCUT2D eigenvalue weighted by Crippen LogP contribution is -2.50. The summed E-state index contributed by atoms with van der Waals surface area (Å²) in [7, 11) is 0. The van der Waals surface area contributed by atoms with E-state index in [-0.39, 0.29) is 25.5 Å². The van der Waals surface area contributed by atoms with Crippen LogP contribution in [0.3, 0.4) is 0 Å². The molecule has 3 atom stereocenters. The molecule has 0 unspecified atom stereocenters. The molecule has 2 heterocycles. The third-order valence-corrected chi connectivity index (χ3v) is 4.50. The summed E-state index contributed by atoms with van der Waals surface area (Å²) in [4.78, 5) is 24.7. The maximum absolute atomic E-state index is 13.5. The van der Waals surface area contributed by atoms with Gasteiger partial charge in [-0.05, 0) is 29.7 Å². The largest absolute Gasteiger partial charge is 0.484 e. The normalized spacial score (nSPS) is 25.1. The Morgan fingerprint density at radius 3 is 2.96 bits per heavy atom. The maximum Gasteiger partial charge on any atom is 0.255 e. The zero-order valence-corrected chi connectivity index (χ0v) is 13.6. The van der Waals surface area contributed by atoms with Gasteiger partial charge in [0.25, 0.3) is 5.91 Å². The molecule has 3 rings (SSSR count). The van der Waals surface area contributed by atoms with Crippen LogP contribution in [-0.4, -0.2) is 48.1 Å². The van der Waals surface area contributed by atoms with Crippen molar-refractivity contribution >= 4 is 11.8 Å². The molecule has 0 aromatic heterocycles. The number of hydrogen-bond donors (Lipinski definition) is 2. The van der Waals surface area contributed by atoms with Crippen molar-refractivity contribution in [2.45, 2.75) is 37.6 Å². The first-order valence-corrected chi connectivity index (χ1v) is 8.08. The summed E-state index contributed by atoms with van der Waals surface area (Å²) in [5, 5.41) is 12.2. The Balaban J connectivity index is 1.68. The molecule has 7 nitrogen and oxygen atoms in total. The van der Waals surface area contributed by atoms with Crippen LogP contribution < -0.4 is 15.8 Å². The second-order valence-corrected chi connectivity index (χ2v) is 6.29. The van der Waals surface area contributed by atoms with Crippen LogP contribution in [0.25, 0.3) is 0 Å². The molecular weight excluding hydrogens is 327 g/mol. The van der Waals surface area contributed by atoms with E-state index >= 15 is 0 Å². The molecule has 0 spiro atoms. The fraction of sp³-hybridized carbons (Fsp3) is 0.471. The minimum atomic E-state index is -1.14. The minimum absolute atomic E-state index is 0.0258. The molecular formula is C17H19FN4O3. The second kappa shape index (κ2) is 7.07. The van der Waals surface area contributed by atoms with Crippen molar-refractivity contribution in [3.05, 3.63) is 29.3 Å². The fourth-order valence-corrected chi connectivity index (χ4v) is 3.26. The highest BCUT2D eigenvalue weighted by molar-refractivity contribution is 5.83. The highest BCUT2D eigenvalue weighted by atomic mass is 19.1. The van der Waals surface area contributed by atoms with E-state index in [1.807, 2.05) is 12.1 Å². The van der Waals surface area contributed by atoms with Crippen LogP contribution in [0.4, 0.5) is 4.39 Å². The van der Waals surface area contributed by atoms with Gasteiger partial charge in [0.05, 0.1) is 18.7 Å². The summed E-state index contributed by atoms with van der Waals surface area (Å²) in [5.41, 5.74) is 7.00. The van der Waals surface area contributed by atoms with E-state index in [9.17, 15) is 14.0 Å². The predicted octanol–water partition coefficient (Wildman–Crippen LogP) is 0.0276. The molecule has 132 valence electrons. The Morgan fingerprint density at radius 2 is 2.24 bits per heavy atom. The van der Waals surface area contributed by atoms with Crippen LogP contribution in [0.15, 0.2) is 18.2 Å². The third kappa shape index (κ3) is 3.72. The molecule has 1 fully saturated rings. The summed E-state index contributed by atoms with van der Waals surface area (Å²) in [6.45, 7) is 0.230. The number of hydrogen-bond acceptors (Lipinski definition) is 5. The minimum Gasteiger partial charge on any atom is -0.484 e. The molecule has 8 heteroatoms. The highest BCUT2D eigenvalue weighted by Crippen LogP contribution is 2.26. The van der Waals surface area contributed by atoms with Crippen molar-refractivity contribution in [3.8, 4) is 11.8 Å². The van der Waals surface area contributed by atoms with Gasteiger partial charge < -0.3 is 20.7 Å². The first-order valence-electron chi connectivity index (χ1n) is 8.08. The van der Waals surface area contributed by atoms with E-state index in [2.05, 4.69) is 5.32 Å². The van der Waals surface area contributed by atoms with E-state index in [0.29, 0.717) is 18.7 Å². The van der Waals surface area contributed by atoms with Gasteiger partial charge >= 0.3 is 0 Å². The molecule has 25 heavy (non-hydrogen) atoms. The van der Waals surface area contributed by atoms with Gasteiger partial charge in [0.15, 0.2) is 6.61 Å². The Kier molecular flexibility index (Phi) is 4.86. The number of benzene rings is 1. The lowest BCUT2D eigenvalue weighted by atomic mass is 9.94. The van der Waals surface area contributed by atoms with E-state index in [0.717, 1.165) is 11.1 Å². The Bertz CT molecular complexity index is 733. The van der Waals surface area contributed by atoms with Crippen LogP contribution in [-0.2, 0) is 22.6 Å². The SMILES string of the molecule is N#C[C@@H]1C[C@H](F)CN1C(=O)[C@@H]1Cc2ccc(OCC(N)=O)cc2CN1. The zero-order chi connectivity index (χ0) is 18.0. The molecule has 1 aromatic carbocycles. The van der Waals surface area contributed by atoms with Gasteiger partial charge in [0.1, 0.15) is 18.0 Å². The van der Waals surface area contributed by atoms with Gasteiger partial charge in [-0.15, -0.1) is 0 Å². The number of nitrogens with zero attached hydrogens (tertiary/aromatic N) is 2. The Hall–Kier alpha value is -2.66. The van der Waals surface area contributed by atoms with Crippen LogP contribution in [0.1, 0.15) is 17.5 Å². The maximum atomic E-state index is 13.5. The van der Waals surface area contributed by atoms with Crippen LogP contribution in [0.5, 0.6) is 5.75 Å². The topological polar surface area (TPSA) is 108 Å². The lowest BCUT2D eigenvalue weighted by molar-refractivity contribution is -0.133. The number of alkyl halides is 1. The van der Waals surface area contributed by atoms with Gasteiger partial charge in [0.2, 0.25) is 5.91 Å². The number of rotatable bonds is 4. The standard InChI is InChI=1S/C17H19FN4O3/c18-12-5-13(6-19)22(8-12)17(24)15-4-10-1-2-14(25-9-16(20)23)3-11(10)7-21-15/h1-3,12-13,15,21H,4-5,7-9H2,(H2,20,23)/t12-,13-,15-/m0/s1. The number of carbonyl (C=O) groups is 2. The van der Waals surface area contributed by atoms with Gasteiger partial charge in [-0.1, -0.05) is 6.07 Å². The summed E-state index contributed by atoms with van der Waals surface area (Å²) >= 11 is 0. The molecule has 2 aliphatic heterocycles. The molecule has 0 radical (unpaired) electrons. The number of amides is 2. The van der Waals surface area contributed by atoms with Gasteiger partial charge in [0, 0.05) is 13.0 Å². The third-order valence-electron chi connectivity index (χ3n) is 4.50. The number of nitriles is 1. The van der Waals surface area contributed by atoms with Crippen molar-refractivity contribution < 1.29 is 18.7 Å². The zero-order valence-electron chi connectivity index (χ0n) is 13.6. The number of carbonyl (C=O) groups excluding carboxylic acids is 2. The van der Waals surface area contributed by atoms with Crippen molar-refractivity contribution in [2.75, 3.05) is 13.2 Å². The number of fused-ring (bicyclic) bond motifs is 1. The van der Waals surface area contributed by atoms with E-state index in [1.165, 1.54) is 4.90 Å². The monoisotopic (exact) mass is 346 g/mol. The fourth-order valence-electron chi connectivity index (χ4n) is 3.26. The van der Waals surface area contributed by atoms with Gasteiger partial charge in [-0.25, -0.2) is 4.39 Å². The lowest BCUT2D eigenvalue weighted by Gasteiger charge is -2.30. The van der Waals surface area contributed by atoms with Crippen molar-refractivity contribution in [2.24, 2.45) is 5.73 Å². The number of nitrogens with two attached hydrogens (primary N) is 1. The summed E-state index contributed by atoms with van der Waals surface area (Å²) < 4.78 is 18.8. The number of nitrogens with one attached hydrogen (secondary N) is 1. The van der Waals surface area contributed by atoms with Crippen LogP contribution in [0.2, 0.25) is 0 Å². The summed E-state index contributed by atoms with van der Waals surface area (Å²) in [6.07, 6.45) is -0.614. The molecule has 1 aromatic rings. The second-order valence-electron chi connectivity index (χ2n) is 6.29. The van der Waals surface area contributed by atoms with Crippen molar-refractivity contribution in [1.29, 1.82) is 5.26 Å². The smallest absolute Gasteiger partial charge is 0.255 e. The Labute approximate surface area is 144 Å². The average molecular weight is 346 g/mol. The van der Waals surface area contributed by atoms with Crippen LogP contribution in [0, 0.1) is 11.3 Å². The number of ether oxygens (including phenoxy) is 1. The number of halogens is 1. The molecule has 3 N–H and O–H groups in total. The first-order chi connectivity index (χ1) is 12.0. The summed E-state index contributed by atoms with van der Waals surface area (Å²) in [6, 6.07) is 6.19. The molecule has 0 aliphatic carbocycles. The molecule has 0 saturated carbocycles. The molecule has 2 amide bonds. The van der Waals surface area contributed by atoms with E-state index in [1.54, 1.807) is 12.1 Å². The van der Waals surface area contributed by atoms with Crippen molar-refractivity contribution in [1.82, 2.24) is 10.2 Å². The number of likely N-dealkylation sites (tertiary alicyclic amines) is 1. The van der Waals surface area contributed by atoms with E-state index in [4.69, 9.17) is 15.7 Å². The van der Waals surface area contributed by atoms with Gasteiger partial charge in [-0.3, -0.25) is 9.59 Å².